The average molecular weight is 281 g/mol. The molecule has 2 rings (SSSR count). The van der Waals surface area contributed by atoms with Crippen molar-refractivity contribution in [2.75, 3.05) is 5.73 Å². The van der Waals surface area contributed by atoms with Crippen molar-refractivity contribution in [2.45, 2.75) is 20.8 Å². The second-order valence-corrected chi connectivity index (χ2v) is 5.04. The molecule has 0 bridgehead atoms. The van der Waals surface area contributed by atoms with E-state index in [1.807, 2.05) is 32.9 Å². The van der Waals surface area contributed by atoms with Crippen molar-refractivity contribution >= 4 is 17.3 Å². The van der Waals surface area contributed by atoms with Crippen LogP contribution in [0.2, 0.25) is 0 Å². The lowest BCUT2D eigenvalue weighted by atomic mass is 10.0. The van der Waals surface area contributed by atoms with E-state index in [2.05, 4.69) is 16.6 Å². The van der Waals surface area contributed by atoms with Gasteiger partial charge in [-0.1, -0.05) is 35.9 Å². The predicted molar refractivity (Wildman–Crippen MR) is 86.4 cm³/mol. The van der Waals surface area contributed by atoms with E-state index in [9.17, 15) is 4.79 Å². The lowest BCUT2D eigenvalue weighted by molar-refractivity contribution is 0.0955. The van der Waals surface area contributed by atoms with Gasteiger partial charge in [-0.25, -0.2) is 5.43 Å². The molecule has 0 atom stereocenters. The molecule has 0 fully saturated rings. The second kappa shape index (κ2) is 6.22. The van der Waals surface area contributed by atoms with Crippen molar-refractivity contribution < 1.29 is 4.79 Å². The van der Waals surface area contributed by atoms with Crippen LogP contribution in [-0.2, 0) is 0 Å². The Morgan fingerprint density at radius 1 is 1.10 bits per heavy atom. The fraction of sp³-hybridized carbons (Fsp3) is 0.176. The first kappa shape index (κ1) is 14.8. The molecule has 0 unspecified atom stereocenters. The second-order valence-electron chi connectivity index (χ2n) is 5.04. The van der Waals surface area contributed by atoms with Crippen LogP contribution in [0.3, 0.4) is 0 Å². The maximum atomic E-state index is 12.0. The average Bonchev–Trinajstić information content (AvgIpc) is 2.45. The Labute approximate surface area is 124 Å². The fourth-order valence-electron chi connectivity index (χ4n) is 2.18. The number of anilines is 1. The van der Waals surface area contributed by atoms with Crippen molar-refractivity contribution in [2.24, 2.45) is 5.10 Å². The lowest BCUT2D eigenvalue weighted by Gasteiger charge is -2.08. The van der Waals surface area contributed by atoms with Crippen molar-refractivity contribution in [1.29, 1.82) is 0 Å². The number of nitrogens with two attached hydrogens (primary N) is 1. The third-order valence-electron chi connectivity index (χ3n) is 3.30. The van der Waals surface area contributed by atoms with Gasteiger partial charge >= 0.3 is 0 Å². The summed E-state index contributed by atoms with van der Waals surface area (Å²) in [4.78, 5) is 12.0. The predicted octanol–water partition coefficient (Wildman–Crippen LogP) is 3.04. The monoisotopic (exact) mass is 281 g/mol. The van der Waals surface area contributed by atoms with E-state index < -0.39 is 0 Å². The molecule has 0 radical (unpaired) electrons. The molecule has 1 amide bonds. The minimum Gasteiger partial charge on any atom is -0.398 e. The molecule has 108 valence electrons. The van der Waals surface area contributed by atoms with Gasteiger partial charge in [0.2, 0.25) is 0 Å². The highest BCUT2D eigenvalue weighted by molar-refractivity contribution is 6.03. The first-order valence-corrected chi connectivity index (χ1v) is 6.76. The Balaban J connectivity index is 2.17. The zero-order valence-electron chi connectivity index (χ0n) is 12.5. The molecule has 2 aromatic carbocycles. The zero-order valence-corrected chi connectivity index (χ0v) is 12.5. The molecule has 0 aliphatic rings. The van der Waals surface area contributed by atoms with Gasteiger partial charge in [0, 0.05) is 11.3 Å². The standard InChI is InChI=1S/C17H19N3O/c1-11-8-9-14(12(2)10-11)13(3)19-20-17(21)15-6-4-5-7-16(15)18/h4-10H,18H2,1-3H3,(H,20,21)/b19-13-. The largest absolute Gasteiger partial charge is 0.398 e. The van der Waals surface area contributed by atoms with Gasteiger partial charge in [0.15, 0.2) is 0 Å². The van der Waals surface area contributed by atoms with Crippen LogP contribution in [0.5, 0.6) is 0 Å². The van der Waals surface area contributed by atoms with Gasteiger partial charge in [0.05, 0.1) is 11.3 Å². The first-order valence-electron chi connectivity index (χ1n) is 6.76. The molecule has 0 aromatic heterocycles. The number of nitrogens with one attached hydrogen (secondary N) is 1. The Morgan fingerprint density at radius 3 is 2.48 bits per heavy atom. The summed E-state index contributed by atoms with van der Waals surface area (Å²) in [5.41, 5.74) is 13.3. The Kier molecular flexibility index (Phi) is 4.38. The topological polar surface area (TPSA) is 67.5 Å². The highest BCUT2D eigenvalue weighted by atomic mass is 16.2. The van der Waals surface area contributed by atoms with Crippen LogP contribution in [0.15, 0.2) is 47.6 Å². The maximum absolute atomic E-state index is 12.0. The maximum Gasteiger partial charge on any atom is 0.273 e. The van der Waals surface area contributed by atoms with Crippen LogP contribution in [-0.4, -0.2) is 11.6 Å². The minimum atomic E-state index is -0.308. The fourth-order valence-corrected chi connectivity index (χ4v) is 2.18. The molecular weight excluding hydrogens is 262 g/mol. The van der Waals surface area contributed by atoms with Crippen LogP contribution in [0.1, 0.15) is 34.0 Å². The summed E-state index contributed by atoms with van der Waals surface area (Å²) in [6, 6.07) is 13.0. The number of hydrogen-bond acceptors (Lipinski definition) is 3. The molecule has 0 saturated heterocycles. The summed E-state index contributed by atoms with van der Waals surface area (Å²) in [5.74, 6) is -0.308. The molecule has 2 aromatic rings. The number of hydrazone groups is 1. The molecule has 0 aliphatic carbocycles. The number of rotatable bonds is 3. The van der Waals surface area contributed by atoms with E-state index in [0.717, 1.165) is 16.8 Å². The summed E-state index contributed by atoms with van der Waals surface area (Å²) in [7, 11) is 0. The molecule has 0 spiro atoms. The summed E-state index contributed by atoms with van der Waals surface area (Å²) < 4.78 is 0. The molecule has 3 N–H and O–H groups in total. The summed E-state index contributed by atoms with van der Waals surface area (Å²) in [6.45, 7) is 5.94. The van der Waals surface area contributed by atoms with Gasteiger partial charge in [-0.3, -0.25) is 4.79 Å². The van der Waals surface area contributed by atoms with Crippen LogP contribution in [0, 0.1) is 13.8 Å². The molecule has 4 heteroatoms. The molecular formula is C17H19N3O. The van der Waals surface area contributed by atoms with Crippen LogP contribution in [0.4, 0.5) is 5.69 Å². The van der Waals surface area contributed by atoms with E-state index in [4.69, 9.17) is 5.73 Å². The molecule has 4 nitrogen and oxygen atoms in total. The number of hydrogen-bond donors (Lipinski definition) is 2. The zero-order chi connectivity index (χ0) is 15.4. The number of carbonyl (C=O) groups is 1. The highest BCUT2D eigenvalue weighted by Gasteiger charge is 2.08. The van der Waals surface area contributed by atoms with E-state index in [1.54, 1.807) is 24.3 Å². The third kappa shape index (κ3) is 3.48. The Hall–Kier alpha value is -2.62. The van der Waals surface area contributed by atoms with E-state index in [-0.39, 0.29) is 5.91 Å². The van der Waals surface area contributed by atoms with Crippen molar-refractivity contribution in [1.82, 2.24) is 5.43 Å². The molecule has 21 heavy (non-hydrogen) atoms. The van der Waals surface area contributed by atoms with Crippen LogP contribution in [0.25, 0.3) is 0 Å². The van der Waals surface area contributed by atoms with Gasteiger partial charge in [0.1, 0.15) is 0 Å². The van der Waals surface area contributed by atoms with Crippen molar-refractivity contribution in [3.8, 4) is 0 Å². The smallest absolute Gasteiger partial charge is 0.273 e. The van der Waals surface area contributed by atoms with Crippen LogP contribution >= 0.6 is 0 Å². The minimum absolute atomic E-state index is 0.308. The van der Waals surface area contributed by atoms with E-state index in [0.29, 0.717) is 11.3 Å². The van der Waals surface area contributed by atoms with E-state index >= 15 is 0 Å². The van der Waals surface area contributed by atoms with Crippen molar-refractivity contribution in [3.05, 3.63) is 64.7 Å². The first-order chi connectivity index (χ1) is 9.99. The molecule has 0 heterocycles. The van der Waals surface area contributed by atoms with Crippen LogP contribution < -0.4 is 11.2 Å². The number of amides is 1. The number of benzene rings is 2. The van der Waals surface area contributed by atoms with Gasteiger partial charge in [-0.15, -0.1) is 0 Å². The SMILES string of the molecule is C/C(=N/NC(=O)c1ccccc1N)c1ccc(C)cc1C. The highest BCUT2D eigenvalue weighted by Crippen LogP contribution is 2.12. The lowest BCUT2D eigenvalue weighted by Crippen LogP contribution is -2.20. The molecule has 0 aliphatic heterocycles. The van der Waals surface area contributed by atoms with Gasteiger partial charge < -0.3 is 5.73 Å². The third-order valence-corrected chi connectivity index (χ3v) is 3.30. The number of para-hydroxylation sites is 1. The number of carbonyl (C=O) groups excluding carboxylic acids is 1. The number of nitrogens with zero attached hydrogens (tertiary/aromatic N) is 1. The van der Waals surface area contributed by atoms with Crippen molar-refractivity contribution in [3.63, 3.8) is 0 Å². The number of nitrogen functional groups attached to an aromatic ring is 1. The Morgan fingerprint density at radius 2 is 1.81 bits per heavy atom. The van der Waals surface area contributed by atoms with Gasteiger partial charge in [-0.05, 0) is 38.5 Å². The summed E-state index contributed by atoms with van der Waals surface area (Å²) >= 11 is 0. The van der Waals surface area contributed by atoms with Gasteiger partial charge in [0.25, 0.3) is 5.91 Å². The number of aryl methyl sites for hydroxylation is 2. The van der Waals surface area contributed by atoms with Gasteiger partial charge in [-0.2, -0.15) is 5.10 Å². The molecule has 0 saturated carbocycles. The Bertz CT molecular complexity index is 705. The van der Waals surface area contributed by atoms with E-state index in [1.165, 1.54) is 5.56 Å². The normalized spacial score (nSPS) is 11.3. The quantitative estimate of drug-likeness (QED) is 0.516. The summed E-state index contributed by atoms with van der Waals surface area (Å²) in [6.07, 6.45) is 0. The summed E-state index contributed by atoms with van der Waals surface area (Å²) in [5, 5.41) is 4.16.